The molecule has 0 unspecified atom stereocenters. The Labute approximate surface area is 289 Å². The standard InChI is InChI=1S/C36H53N3O10/c1-26(49-39(42)43)21-36(35(2,3)4)22-30(29-11-8-27(9-12-29)24-46-19-18-45-6)33(23-38(36)34(40)41)48-25-28-10-13-32-31(20-28)37(15-17-47-32)14-7-16-44-5/h8-13,20,26,30,33H,7,14-19,21-25H2,1-6H3,(H,40,41)/t26-,30-,33+,36+/m1/s1. The van der Waals surface area contributed by atoms with Crippen molar-refractivity contribution < 1.29 is 43.5 Å². The molecule has 1 N–H and O–H groups in total. The first-order valence-corrected chi connectivity index (χ1v) is 17.0. The Morgan fingerprint density at radius 3 is 2.45 bits per heavy atom. The Kier molecular flexibility index (Phi) is 13.5. The Morgan fingerprint density at radius 1 is 1.08 bits per heavy atom. The van der Waals surface area contributed by atoms with Crippen molar-refractivity contribution in [2.45, 2.75) is 83.8 Å². The summed E-state index contributed by atoms with van der Waals surface area (Å²) >= 11 is 0. The van der Waals surface area contributed by atoms with Gasteiger partial charge in [-0.3, -0.25) is 4.90 Å². The molecule has 272 valence electrons. The van der Waals surface area contributed by atoms with Gasteiger partial charge in [0, 0.05) is 33.3 Å². The van der Waals surface area contributed by atoms with E-state index in [9.17, 15) is 20.0 Å². The van der Waals surface area contributed by atoms with Crippen molar-refractivity contribution >= 4 is 11.8 Å². The van der Waals surface area contributed by atoms with E-state index in [4.69, 9.17) is 28.5 Å². The third-order valence-corrected chi connectivity index (χ3v) is 9.74. The second kappa shape index (κ2) is 17.3. The molecule has 2 aliphatic rings. The molecule has 13 heteroatoms. The van der Waals surface area contributed by atoms with Crippen LogP contribution < -0.4 is 9.64 Å². The number of hydrogen-bond acceptors (Lipinski definition) is 10. The van der Waals surface area contributed by atoms with E-state index in [2.05, 4.69) is 11.0 Å². The maximum absolute atomic E-state index is 13.0. The number of fused-ring (bicyclic) bond motifs is 1. The highest BCUT2D eigenvalue weighted by atomic mass is 17.0. The fourth-order valence-electron chi connectivity index (χ4n) is 7.16. The number of methoxy groups -OCH3 is 2. The van der Waals surface area contributed by atoms with E-state index in [-0.39, 0.29) is 25.5 Å². The molecule has 0 bridgehead atoms. The van der Waals surface area contributed by atoms with Gasteiger partial charge in [0.1, 0.15) is 18.5 Å². The van der Waals surface area contributed by atoms with Crippen LogP contribution in [0.25, 0.3) is 0 Å². The van der Waals surface area contributed by atoms with Gasteiger partial charge in [0.25, 0.3) is 5.09 Å². The van der Waals surface area contributed by atoms with E-state index in [1.165, 1.54) is 4.90 Å². The molecule has 1 amide bonds. The third kappa shape index (κ3) is 9.74. The molecule has 0 aromatic heterocycles. The number of hydrogen-bond donors (Lipinski definition) is 1. The van der Waals surface area contributed by atoms with Crippen LogP contribution in [0.2, 0.25) is 0 Å². The average molecular weight is 688 g/mol. The average Bonchev–Trinajstić information content (AvgIpc) is 3.05. The second-order valence-corrected chi connectivity index (χ2v) is 13.9. The van der Waals surface area contributed by atoms with Crippen LogP contribution >= 0.6 is 0 Å². The molecule has 4 rings (SSSR count). The molecule has 49 heavy (non-hydrogen) atoms. The van der Waals surface area contributed by atoms with Gasteiger partial charge >= 0.3 is 6.09 Å². The van der Waals surface area contributed by atoms with E-state index in [0.717, 1.165) is 47.6 Å². The van der Waals surface area contributed by atoms with Crippen LogP contribution in [0.1, 0.15) is 69.6 Å². The minimum absolute atomic E-state index is 0.0849. The molecule has 0 radical (unpaired) electrons. The van der Waals surface area contributed by atoms with Gasteiger partial charge in [0.15, 0.2) is 0 Å². The maximum Gasteiger partial charge on any atom is 0.407 e. The van der Waals surface area contributed by atoms with Crippen LogP contribution in [0.15, 0.2) is 42.5 Å². The van der Waals surface area contributed by atoms with Gasteiger partial charge in [-0.1, -0.05) is 51.1 Å². The van der Waals surface area contributed by atoms with Gasteiger partial charge in [-0.05, 0) is 60.4 Å². The minimum Gasteiger partial charge on any atom is -0.490 e. The first-order chi connectivity index (χ1) is 23.4. The van der Waals surface area contributed by atoms with E-state index >= 15 is 0 Å². The Hall–Kier alpha value is -3.65. The van der Waals surface area contributed by atoms with Crippen molar-refractivity contribution in [2.75, 3.05) is 65.2 Å². The zero-order chi connectivity index (χ0) is 35.6. The molecule has 1 fully saturated rings. The number of ether oxygens (including phenoxy) is 5. The van der Waals surface area contributed by atoms with Gasteiger partial charge < -0.3 is 38.5 Å². The van der Waals surface area contributed by atoms with Crippen molar-refractivity contribution in [1.82, 2.24) is 4.90 Å². The SMILES string of the molecule is COCCCN1CCOc2ccc(CO[C@H]3CN(C(=O)O)[C@](C[C@@H](C)O[N+](=O)[O-])(C(C)(C)C)C[C@@H]3c3ccc(COCCOC)cc3)cc21. The molecular weight excluding hydrogens is 634 g/mol. The zero-order valence-corrected chi connectivity index (χ0v) is 29.7. The quantitative estimate of drug-likeness (QED) is 0.121. The molecule has 2 aromatic rings. The van der Waals surface area contributed by atoms with Gasteiger partial charge in [0.05, 0.1) is 56.8 Å². The van der Waals surface area contributed by atoms with E-state index in [0.29, 0.717) is 39.5 Å². The van der Waals surface area contributed by atoms with Crippen molar-refractivity contribution in [3.8, 4) is 5.75 Å². The predicted octanol–water partition coefficient (Wildman–Crippen LogP) is 5.91. The van der Waals surface area contributed by atoms with Crippen LogP contribution in [0.3, 0.4) is 0 Å². The second-order valence-electron chi connectivity index (χ2n) is 13.9. The molecule has 13 nitrogen and oxygen atoms in total. The highest BCUT2D eigenvalue weighted by Gasteiger charge is 2.56. The largest absolute Gasteiger partial charge is 0.490 e. The van der Waals surface area contributed by atoms with Gasteiger partial charge in [-0.15, -0.1) is 10.1 Å². The summed E-state index contributed by atoms with van der Waals surface area (Å²) < 4.78 is 28.6. The van der Waals surface area contributed by atoms with Crippen LogP contribution in [0.5, 0.6) is 5.75 Å². The lowest BCUT2D eigenvalue weighted by molar-refractivity contribution is -0.768. The molecule has 2 aliphatic heterocycles. The van der Waals surface area contributed by atoms with Crippen molar-refractivity contribution in [3.63, 3.8) is 0 Å². The number of benzene rings is 2. The number of anilines is 1. The first-order valence-electron chi connectivity index (χ1n) is 17.0. The molecule has 0 spiro atoms. The number of rotatable bonds is 17. The summed E-state index contributed by atoms with van der Waals surface area (Å²) in [6.07, 6.45) is -1.01. The van der Waals surface area contributed by atoms with Crippen molar-refractivity contribution in [2.24, 2.45) is 5.41 Å². The third-order valence-electron chi connectivity index (χ3n) is 9.74. The summed E-state index contributed by atoms with van der Waals surface area (Å²) in [5, 5.41) is 21.1. The van der Waals surface area contributed by atoms with E-state index in [1.807, 2.05) is 57.2 Å². The smallest absolute Gasteiger partial charge is 0.407 e. The maximum atomic E-state index is 13.0. The molecule has 2 aromatic carbocycles. The Bertz CT molecular complexity index is 1370. The van der Waals surface area contributed by atoms with E-state index in [1.54, 1.807) is 21.1 Å². The summed E-state index contributed by atoms with van der Waals surface area (Å²) in [7, 11) is 3.33. The number of likely N-dealkylation sites (tertiary alicyclic amines) is 1. The lowest BCUT2D eigenvalue weighted by atomic mass is 9.61. The Balaban J connectivity index is 1.65. The molecular formula is C36H53N3O10. The van der Waals surface area contributed by atoms with Gasteiger partial charge in [-0.25, -0.2) is 4.79 Å². The summed E-state index contributed by atoms with van der Waals surface area (Å²) in [6, 6.07) is 14.2. The summed E-state index contributed by atoms with van der Waals surface area (Å²) in [4.78, 5) is 33.0. The van der Waals surface area contributed by atoms with Crippen molar-refractivity contribution in [3.05, 3.63) is 69.3 Å². The van der Waals surface area contributed by atoms with Crippen LogP contribution in [0.4, 0.5) is 10.5 Å². The predicted molar refractivity (Wildman–Crippen MR) is 184 cm³/mol. The van der Waals surface area contributed by atoms with Gasteiger partial charge in [-0.2, -0.15) is 0 Å². The fourth-order valence-corrected chi connectivity index (χ4v) is 7.16. The summed E-state index contributed by atoms with van der Waals surface area (Å²) in [5.41, 5.74) is 2.36. The van der Waals surface area contributed by atoms with Gasteiger partial charge in [0.2, 0.25) is 0 Å². The fraction of sp³-hybridized carbons (Fsp3) is 0.639. The van der Waals surface area contributed by atoms with Crippen molar-refractivity contribution in [1.29, 1.82) is 0 Å². The lowest BCUT2D eigenvalue weighted by Gasteiger charge is -2.58. The number of carboxylic acid groups (broad SMARTS) is 1. The normalized spacial score (nSPS) is 21.5. The highest BCUT2D eigenvalue weighted by Crippen LogP contribution is 2.51. The highest BCUT2D eigenvalue weighted by molar-refractivity contribution is 5.67. The number of nitrogens with zero attached hydrogens (tertiary/aromatic N) is 3. The number of amides is 1. The molecule has 0 saturated carbocycles. The molecule has 4 atom stereocenters. The molecule has 2 heterocycles. The minimum atomic E-state index is -1.10. The monoisotopic (exact) mass is 687 g/mol. The van der Waals surface area contributed by atoms with E-state index < -0.39 is 34.3 Å². The van der Waals surface area contributed by atoms with Crippen LogP contribution in [-0.2, 0) is 37.0 Å². The van der Waals surface area contributed by atoms with Crippen LogP contribution in [0, 0.1) is 15.5 Å². The first kappa shape index (κ1) is 38.2. The van der Waals surface area contributed by atoms with Crippen LogP contribution in [-0.4, -0.2) is 99.2 Å². The molecule has 1 saturated heterocycles. The number of piperidine rings is 1. The molecule has 0 aliphatic carbocycles. The summed E-state index contributed by atoms with van der Waals surface area (Å²) in [6.45, 7) is 12.2. The zero-order valence-electron chi connectivity index (χ0n) is 29.7. The topological polar surface area (TPSA) is 142 Å². The summed E-state index contributed by atoms with van der Waals surface area (Å²) in [5.74, 6) is 0.611. The number of carbonyl (C=O) groups is 1. The Morgan fingerprint density at radius 2 is 1.80 bits per heavy atom. The lowest BCUT2D eigenvalue weighted by Crippen LogP contribution is -2.66.